The second-order valence-electron chi connectivity index (χ2n) is 12.3. The molecule has 0 aromatic heterocycles. The Balaban J connectivity index is 1.38. The molecule has 2 aromatic carbocycles. The van der Waals surface area contributed by atoms with Crippen molar-refractivity contribution in [3.63, 3.8) is 0 Å². The fourth-order valence-corrected chi connectivity index (χ4v) is 14.9. The van der Waals surface area contributed by atoms with Gasteiger partial charge in [-0.25, -0.2) is 0 Å². The predicted molar refractivity (Wildman–Crippen MR) is 177 cm³/mol. The van der Waals surface area contributed by atoms with Gasteiger partial charge >= 0.3 is 0 Å². The van der Waals surface area contributed by atoms with Gasteiger partial charge in [-0.15, -0.1) is 0 Å². The molecule has 0 spiro atoms. The molecule has 6 rings (SSSR count). The Kier molecular flexibility index (Phi) is 10.8. The zero-order valence-electron chi connectivity index (χ0n) is 24.3. The Bertz CT molecular complexity index is 929. The van der Waals surface area contributed by atoms with E-state index in [1.165, 1.54) is 87.2 Å². The van der Waals surface area contributed by atoms with E-state index in [9.17, 15) is 0 Å². The molecule has 0 saturated heterocycles. The Labute approximate surface area is 249 Å². The van der Waals surface area contributed by atoms with E-state index in [0.717, 1.165) is 11.3 Å². The maximum Gasteiger partial charge on any atom is 0.0201 e. The molecule has 4 saturated carbocycles. The number of rotatable bonds is 10. The maximum absolute atomic E-state index is 2.57. The lowest BCUT2D eigenvalue weighted by molar-refractivity contribution is 0.474. The summed E-state index contributed by atoms with van der Waals surface area (Å²) in [6, 6.07) is 22.8. The van der Waals surface area contributed by atoms with Crippen LogP contribution in [0, 0.1) is 68.4 Å². The van der Waals surface area contributed by atoms with E-state index in [2.05, 4.69) is 113 Å². The van der Waals surface area contributed by atoms with Crippen LogP contribution in [0.5, 0.6) is 0 Å². The van der Waals surface area contributed by atoms with Gasteiger partial charge in [0.15, 0.2) is 0 Å². The van der Waals surface area contributed by atoms with Gasteiger partial charge in [0.05, 0.1) is 0 Å². The lowest BCUT2D eigenvalue weighted by Crippen LogP contribution is -2.34. The summed E-state index contributed by atoms with van der Waals surface area (Å²) in [5.74, 6) is 3.84. The third-order valence-corrected chi connectivity index (χ3v) is 16.1. The Morgan fingerprint density at radius 2 is 1.15 bits per heavy atom. The van der Waals surface area contributed by atoms with Crippen molar-refractivity contribution in [3.05, 3.63) is 123 Å². The molecule has 4 fully saturated rings. The van der Waals surface area contributed by atoms with Crippen LogP contribution >= 0.6 is 15.8 Å². The summed E-state index contributed by atoms with van der Waals surface area (Å²) in [5.41, 5.74) is 4.22. The highest BCUT2D eigenvalue weighted by atomic mass is 31.1. The van der Waals surface area contributed by atoms with E-state index < -0.39 is 7.92 Å². The first kappa shape index (κ1) is 29.4. The van der Waals surface area contributed by atoms with Crippen LogP contribution < -0.4 is 10.6 Å². The summed E-state index contributed by atoms with van der Waals surface area (Å²) in [6.45, 7) is 2.51. The molecule has 0 amide bonds. The van der Waals surface area contributed by atoms with Gasteiger partial charge in [0, 0.05) is 5.66 Å². The van der Waals surface area contributed by atoms with Crippen molar-refractivity contribution in [3.8, 4) is 0 Å². The molecular weight excluding hydrogens is 518 g/mol. The van der Waals surface area contributed by atoms with Crippen molar-refractivity contribution in [1.82, 2.24) is 0 Å². The van der Waals surface area contributed by atoms with Crippen LogP contribution in [-0.2, 0) is 0 Å². The van der Waals surface area contributed by atoms with Crippen molar-refractivity contribution >= 4 is 26.5 Å². The zero-order chi connectivity index (χ0) is 27.1. The molecule has 0 heterocycles. The highest BCUT2D eigenvalue weighted by Crippen LogP contribution is 2.68. The molecule has 2 atom stereocenters. The molecule has 2 heteroatoms. The molecule has 10 radical (unpaired) electrons. The molecule has 0 bridgehead atoms. The molecule has 4 aliphatic carbocycles. The molecule has 208 valence electrons. The zero-order valence-corrected chi connectivity index (χ0v) is 26.1. The largest absolute Gasteiger partial charge is 0.0965 e. The lowest BCUT2D eigenvalue weighted by atomic mass is 9.85. The minimum Gasteiger partial charge on any atom is -0.0965 e. The van der Waals surface area contributed by atoms with Crippen molar-refractivity contribution in [1.29, 1.82) is 0 Å². The summed E-state index contributed by atoms with van der Waals surface area (Å²) < 4.78 is 0. The first-order valence-electron chi connectivity index (χ1n) is 15.9. The average molecular weight is 565 g/mol. The Morgan fingerprint density at radius 1 is 0.625 bits per heavy atom. The Morgan fingerprint density at radius 3 is 1.68 bits per heavy atom. The van der Waals surface area contributed by atoms with Crippen LogP contribution in [0.3, 0.4) is 0 Å². The van der Waals surface area contributed by atoms with Crippen molar-refractivity contribution in [2.45, 2.75) is 94.5 Å². The average Bonchev–Trinajstić information content (AvgIpc) is 3.73. The van der Waals surface area contributed by atoms with Gasteiger partial charge < -0.3 is 0 Å². The van der Waals surface area contributed by atoms with Gasteiger partial charge in [-0.1, -0.05) is 114 Å². The Hall–Kier alpha value is -0.700. The minimum absolute atomic E-state index is 0.0878. The molecule has 0 nitrogen and oxygen atoms in total. The van der Waals surface area contributed by atoms with E-state index in [0.29, 0.717) is 11.6 Å². The molecule has 40 heavy (non-hydrogen) atoms. The van der Waals surface area contributed by atoms with Gasteiger partial charge in [-0.3, -0.25) is 0 Å². The van der Waals surface area contributed by atoms with Gasteiger partial charge in [-0.2, -0.15) is 0 Å². The molecule has 2 aromatic rings. The van der Waals surface area contributed by atoms with E-state index in [1.807, 2.05) is 0 Å². The first-order chi connectivity index (χ1) is 19.8. The van der Waals surface area contributed by atoms with Crippen LogP contribution in [-0.4, -0.2) is 17.0 Å². The first-order valence-corrected chi connectivity index (χ1v) is 18.8. The van der Waals surface area contributed by atoms with Crippen molar-refractivity contribution < 1.29 is 0 Å². The molecule has 0 N–H and O–H groups in total. The quantitative estimate of drug-likeness (QED) is 0.252. The second kappa shape index (κ2) is 14.7. The normalized spacial score (nSPS) is 24.3. The smallest absolute Gasteiger partial charge is 0.0201 e. The fourth-order valence-electron chi connectivity index (χ4n) is 7.65. The monoisotopic (exact) mass is 564 g/mol. The number of hydrogen-bond donors (Lipinski definition) is 0. The van der Waals surface area contributed by atoms with Crippen molar-refractivity contribution in [2.75, 3.05) is 0 Å². The van der Waals surface area contributed by atoms with Crippen LogP contribution in [0.4, 0.5) is 0 Å². The van der Waals surface area contributed by atoms with Gasteiger partial charge in [0.2, 0.25) is 0 Å². The van der Waals surface area contributed by atoms with Crippen molar-refractivity contribution in [2.24, 2.45) is 5.92 Å². The third kappa shape index (κ3) is 6.92. The van der Waals surface area contributed by atoms with E-state index in [-0.39, 0.29) is 7.92 Å². The van der Waals surface area contributed by atoms with Crippen LogP contribution in [0.25, 0.3) is 0 Å². The highest BCUT2D eigenvalue weighted by molar-refractivity contribution is 7.76. The molecule has 4 aliphatic rings. The topological polar surface area (TPSA) is 0 Å². The number of benzene rings is 2. The van der Waals surface area contributed by atoms with E-state index in [4.69, 9.17) is 0 Å². The van der Waals surface area contributed by atoms with Crippen LogP contribution in [0.1, 0.15) is 77.6 Å². The summed E-state index contributed by atoms with van der Waals surface area (Å²) in [7, 11) is -0.669. The standard InChI is InChI=1S/C38H46P2/c1-30(31-17-14-15-18-31)29-38(40(34-23-10-4-11-24-34)35-25-12-5-13-26-35)36-27-16-28-37(36)39(32-19-6-2-7-20-32)33-21-8-3-9-22-33/h2-3,6-9,14-22,27-28,30,34-35,38H,4-5,10-13,23-26,29H2,1H3/t30-,38-/m1/s1. The summed E-state index contributed by atoms with van der Waals surface area (Å²) in [5, 5.41) is 2.97. The van der Waals surface area contributed by atoms with Crippen LogP contribution in [0.15, 0.2) is 60.7 Å². The minimum atomic E-state index is -0.581. The second-order valence-corrected chi connectivity index (χ2v) is 17.4. The summed E-state index contributed by atoms with van der Waals surface area (Å²) in [4.78, 5) is 0. The summed E-state index contributed by atoms with van der Waals surface area (Å²) in [6.07, 6.45) is 32.6. The third-order valence-electron chi connectivity index (χ3n) is 9.64. The molecule has 0 unspecified atom stereocenters. The fraction of sp³-hybridized carbons (Fsp3) is 0.421. The molecule has 0 aliphatic heterocycles. The maximum atomic E-state index is 2.57. The van der Waals surface area contributed by atoms with Crippen LogP contribution in [0.2, 0.25) is 0 Å². The predicted octanol–water partition coefficient (Wildman–Crippen LogP) is 9.80. The SMILES string of the molecule is C[C@H](C[C@H]([C]1[CH][CH][CH][C]1P(c1ccccc1)c1ccccc1)P(C1CCCCC1)C1CCCCC1)[C]1[CH][CH][CH][CH]1. The van der Waals surface area contributed by atoms with Gasteiger partial charge in [0.1, 0.15) is 0 Å². The highest BCUT2D eigenvalue weighted by Gasteiger charge is 2.47. The number of hydrogen-bond acceptors (Lipinski definition) is 0. The lowest BCUT2D eigenvalue weighted by Gasteiger charge is -2.47. The van der Waals surface area contributed by atoms with E-state index in [1.54, 1.807) is 11.6 Å². The summed E-state index contributed by atoms with van der Waals surface area (Å²) >= 11 is 0. The van der Waals surface area contributed by atoms with Gasteiger partial charge in [0.25, 0.3) is 0 Å². The van der Waals surface area contributed by atoms with E-state index >= 15 is 0 Å². The van der Waals surface area contributed by atoms with Gasteiger partial charge in [-0.05, 0) is 130 Å². The molecular formula is C38H46P2.